The zero-order chi connectivity index (χ0) is 12.7. The van der Waals surface area contributed by atoms with Crippen molar-refractivity contribution in [1.82, 2.24) is 21.1 Å². The molecule has 0 unspecified atom stereocenters. The van der Waals surface area contributed by atoms with Crippen molar-refractivity contribution in [2.24, 2.45) is 0 Å². The molecule has 0 spiro atoms. The Labute approximate surface area is 130 Å². The van der Waals surface area contributed by atoms with Gasteiger partial charge < -0.3 is 21.1 Å². The average Bonchev–Trinajstić information content (AvgIpc) is 2.54. The summed E-state index contributed by atoms with van der Waals surface area (Å²) >= 11 is 0. The second-order valence-corrected chi connectivity index (χ2v) is 2.88. The van der Waals surface area contributed by atoms with Gasteiger partial charge in [0.15, 0.2) is 0 Å². The molecule has 0 aromatic carbocycles. The SMILES string of the molecule is N.[Co+3].[c-]1ccccn1.[c-]1ccccn1.[c-]1ccccn1. The molecule has 0 atom stereocenters. The van der Waals surface area contributed by atoms with Crippen molar-refractivity contribution in [3.63, 3.8) is 0 Å². The van der Waals surface area contributed by atoms with Crippen molar-refractivity contribution < 1.29 is 16.8 Å². The maximum atomic E-state index is 3.66. The maximum absolute atomic E-state index is 3.66. The molecule has 0 radical (unpaired) electrons. The largest absolute Gasteiger partial charge is 3.00 e. The summed E-state index contributed by atoms with van der Waals surface area (Å²) in [6.07, 6.45) is 13.0. The standard InChI is InChI=1S/3C5H4N.Co.H3N/c3*1-2-4-6-5-3-1;;/h3*1-4H;;1H3/q3*-1;+3;. The molecule has 3 aromatic rings. The number of hydrogen-bond donors (Lipinski definition) is 1. The first-order valence-corrected chi connectivity index (χ1v) is 5.31. The molecule has 104 valence electrons. The molecule has 3 heterocycles. The molecule has 0 saturated carbocycles. The maximum Gasteiger partial charge on any atom is 3.00 e. The second kappa shape index (κ2) is 16.9. The molecule has 3 rings (SSSR count). The summed E-state index contributed by atoms with van der Waals surface area (Å²) in [5.41, 5.74) is 0. The van der Waals surface area contributed by atoms with Gasteiger partial charge in [-0.1, -0.05) is 37.2 Å². The van der Waals surface area contributed by atoms with Crippen LogP contribution in [0.3, 0.4) is 0 Å². The summed E-state index contributed by atoms with van der Waals surface area (Å²) in [7, 11) is 0. The van der Waals surface area contributed by atoms with Crippen LogP contribution in [-0.2, 0) is 16.8 Å². The Kier molecular flexibility index (Phi) is 17.1. The molecular formula is C15H15CoN4. The van der Waals surface area contributed by atoms with Gasteiger partial charge in [0.25, 0.3) is 0 Å². The van der Waals surface area contributed by atoms with Crippen LogP contribution < -0.4 is 6.15 Å². The first kappa shape index (κ1) is 20.2. The zero-order valence-corrected chi connectivity index (χ0v) is 11.9. The van der Waals surface area contributed by atoms with E-state index in [2.05, 4.69) is 33.5 Å². The van der Waals surface area contributed by atoms with E-state index in [9.17, 15) is 0 Å². The van der Waals surface area contributed by atoms with E-state index in [1.54, 1.807) is 36.8 Å². The van der Waals surface area contributed by atoms with Gasteiger partial charge in [0.1, 0.15) is 0 Å². The van der Waals surface area contributed by atoms with Gasteiger partial charge in [0.2, 0.25) is 0 Å². The van der Waals surface area contributed by atoms with E-state index in [0.29, 0.717) is 0 Å². The Morgan fingerprint density at radius 1 is 0.500 bits per heavy atom. The fraction of sp³-hybridized carbons (Fsp3) is 0. The monoisotopic (exact) mass is 310 g/mol. The predicted octanol–water partition coefficient (Wildman–Crippen LogP) is 2.80. The molecular weight excluding hydrogens is 295 g/mol. The van der Waals surface area contributed by atoms with Crippen LogP contribution in [0.4, 0.5) is 0 Å². The van der Waals surface area contributed by atoms with Gasteiger partial charge >= 0.3 is 16.8 Å². The van der Waals surface area contributed by atoms with E-state index in [0.717, 1.165) is 0 Å². The van der Waals surface area contributed by atoms with Crippen LogP contribution >= 0.6 is 0 Å². The van der Waals surface area contributed by atoms with E-state index < -0.39 is 0 Å². The summed E-state index contributed by atoms with van der Waals surface area (Å²) in [5.74, 6) is 0. The van der Waals surface area contributed by atoms with Crippen molar-refractivity contribution in [3.8, 4) is 0 Å². The summed E-state index contributed by atoms with van der Waals surface area (Å²) in [6.45, 7) is 0. The number of aromatic nitrogens is 3. The molecule has 4 nitrogen and oxygen atoms in total. The average molecular weight is 310 g/mol. The predicted molar refractivity (Wildman–Crippen MR) is 74.2 cm³/mol. The van der Waals surface area contributed by atoms with Gasteiger partial charge in [-0.3, -0.25) is 0 Å². The summed E-state index contributed by atoms with van der Waals surface area (Å²) < 4.78 is 0. The quantitative estimate of drug-likeness (QED) is 0.648. The number of rotatable bonds is 0. The first-order chi connectivity index (χ1) is 9.00. The van der Waals surface area contributed by atoms with E-state index in [4.69, 9.17) is 0 Å². The Morgan fingerprint density at radius 3 is 0.850 bits per heavy atom. The van der Waals surface area contributed by atoms with Gasteiger partial charge in [-0.25, -0.2) is 0 Å². The van der Waals surface area contributed by atoms with Gasteiger partial charge in [-0.05, 0) is 0 Å². The third-order valence-electron chi connectivity index (χ3n) is 1.55. The van der Waals surface area contributed by atoms with E-state index in [-0.39, 0.29) is 22.9 Å². The van der Waals surface area contributed by atoms with E-state index >= 15 is 0 Å². The topological polar surface area (TPSA) is 73.7 Å². The smallest absolute Gasteiger partial charge is 0.394 e. The fourth-order valence-electron chi connectivity index (χ4n) is 0.832. The van der Waals surface area contributed by atoms with Crippen LogP contribution in [-0.4, -0.2) is 15.0 Å². The number of hydrogen-bond acceptors (Lipinski definition) is 4. The molecule has 0 saturated heterocycles. The van der Waals surface area contributed by atoms with Crippen LogP contribution in [0.2, 0.25) is 0 Å². The molecule has 3 N–H and O–H groups in total. The fourth-order valence-corrected chi connectivity index (χ4v) is 0.832. The number of pyridine rings is 3. The van der Waals surface area contributed by atoms with Crippen LogP contribution in [0.1, 0.15) is 0 Å². The first-order valence-electron chi connectivity index (χ1n) is 5.31. The molecule has 5 heteroatoms. The van der Waals surface area contributed by atoms with Crippen molar-refractivity contribution in [3.05, 3.63) is 91.8 Å². The Hall–Kier alpha value is -2.08. The molecule has 0 aliphatic heterocycles. The minimum absolute atomic E-state index is 0. The molecule has 3 aromatic heterocycles. The molecule has 20 heavy (non-hydrogen) atoms. The Bertz CT molecular complexity index is 311. The van der Waals surface area contributed by atoms with Crippen LogP contribution in [0.5, 0.6) is 0 Å². The van der Waals surface area contributed by atoms with E-state index in [1.165, 1.54) is 0 Å². The van der Waals surface area contributed by atoms with Crippen LogP contribution in [0, 0.1) is 18.6 Å². The molecule has 0 fully saturated rings. The van der Waals surface area contributed by atoms with Gasteiger partial charge in [0.05, 0.1) is 0 Å². The third-order valence-corrected chi connectivity index (χ3v) is 1.55. The van der Waals surface area contributed by atoms with Gasteiger partial charge in [0, 0.05) is 0 Å². The van der Waals surface area contributed by atoms with Crippen molar-refractivity contribution in [2.75, 3.05) is 0 Å². The van der Waals surface area contributed by atoms with E-state index in [1.807, 2.05) is 36.4 Å². The van der Waals surface area contributed by atoms with Crippen LogP contribution in [0.15, 0.2) is 73.2 Å². The zero-order valence-electron chi connectivity index (χ0n) is 10.8. The van der Waals surface area contributed by atoms with Crippen molar-refractivity contribution in [1.29, 1.82) is 0 Å². The molecule has 0 aliphatic carbocycles. The normalized spacial score (nSPS) is 7.20. The molecule has 0 bridgehead atoms. The molecule has 0 aliphatic rings. The Balaban J connectivity index is 0. The minimum atomic E-state index is 0. The summed E-state index contributed by atoms with van der Waals surface area (Å²) in [4.78, 5) is 11.0. The Morgan fingerprint density at radius 2 is 0.800 bits per heavy atom. The third kappa shape index (κ3) is 14.0. The van der Waals surface area contributed by atoms with Crippen molar-refractivity contribution in [2.45, 2.75) is 0 Å². The number of nitrogens with zero attached hydrogens (tertiary/aromatic N) is 3. The van der Waals surface area contributed by atoms with Crippen molar-refractivity contribution >= 4 is 0 Å². The summed E-state index contributed by atoms with van der Waals surface area (Å²) in [6, 6.07) is 16.5. The molecule has 0 amide bonds. The second-order valence-electron chi connectivity index (χ2n) is 2.88. The van der Waals surface area contributed by atoms with Gasteiger partial charge in [-0.2, -0.15) is 54.6 Å². The van der Waals surface area contributed by atoms with Crippen LogP contribution in [0.25, 0.3) is 0 Å². The minimum Gasteiger partial charge on any atom is -0.394 e. The summed E-state index contributed by atoms with van der Waals surface area (Å²) in [5, 5.41) is 0. The van der Waals surface area contributed by atoms with Gasteiger partial charge in [-0.15, -0.1) is 0 Å².